The minimum absolute atomic E-state index is 0.113. The first-order valence-electron chi connectivity index (χ1n) is 7.69. The molecule has 0 spiro atoms. The Morgan fingerprint density at radius 3 is 2.50 bits per heavy atom. The van der Waals surface area contributed by atoms with Crippen LogP contribution in [-0.2, 0) is 9.47 Å². The number of hydrogen-bond donors (Lipinski definition) is 1. The van der Waals surface area contributed by atoms with Crippen molar-refractivity contribution in [1.29, 1.82) is 0 Å². The maximum absolute atomic E-state index is 6.19. The highest BCUT2D eigenvalue weighted by atomic mass is 16.5. The molecular formula is C15H29NO2. The number of ether oxygens (including phenoxy) is 2. The summed E-state index contributed by atoms with van der Waals surface area (Å²) in [7, 11) is 2.10. The fourth-order valence-corrected chi connectivity index (χ4v) is 3.77. The Hall–Kier alpha value is -0.120. The van der Waals surface area contributed by atoms with Crippen molar-refractivity contribution >= 4 is 0 Å². The second-order valence-electron chi connectivity index (χ2n) is 5.84. The highest BCUT2D eigenvalue weighted by Gasteiger charge is 2.42. The summed E-state index contributed by atoms with van der Waals surface area (Å²) < 4.78 is 11.7. The summed E-state index contributed by atoms with van der Waals surface area (Å²) in [5.74, 6) is 0.814. The largest absolute Gasteiger partial charge is 0.381 e. The van der Waals surface area contributed by atoms with Gasteiger partial charge in [0.15, 0.2) is 0 Å². The van der Waals surface area contributed by atoms with E-state index in [-0.39, 0.29) is 5.60 Å². The fraction of sp³-hybridized carbons (Fsp3) is 1.00. The van der Waals surface area contributed by atoms with E-state index >= 15 is 0 Å². The molecule has 1 saturated heterocycles. The predicted octanol–water partition coefficient (Wildman–Crippen LogP) is 2.74. The van der Waals surface area contributed by atoms with Crippen LogP contribution in [0.5, 0.6) is 0 Å². The molecule has 0 aromatic rings. The van der Waals surface area contributed by atoms with Crippen LogP contribution in [0.25, 0.3) is 0 Å². The average Bonchev–Trinajstić information content (AvgIpc) is 2.87. The Balaban J connectivity index is 1.96. The number of rotatable bonds is 6. The maximum atomic E-state index is 6.19. The maximum Gasteiger partial charge on any atom is 0.0834 e. The second kappa shape index (κ2) is 6.88. The molecule has 1 N–H and O–H groups in total. The Morgan fingerprint density at radius 1 is 1.28 bits per heavy atom. The van der Waals surface area contributed by atoms with Crippen LogP contribution in [0, 0.1) is 5.92 Å². The quantitative estimate of drug-likeness (QED) is 0.791. The monoisotopic (exact) mass is 255 g/mol. The first-order chi connectivity index (χ1) is 8.80. The van der Waals surface area contributed by atoms with E-state index in [1.807, 2.05) is 0 Å². The normalized spacial score (nSPS) is 26.3. The van der Waals surface area contributed by atoms with Gasteiger partial charge < -0.3 is 14.8 Å². The average molecular weight is 255 g/mol. The molecule has 1 heterocycles. The molecule has 1 aliphatic carbocycles. The molecule has 0 aromatic carbocycles. The van der Waals surface area contributed by atoms with E-state index in [2.05, 4.69) is 19.3 Å². The third-order valence-corrected chi connectivity index (χ3v) is 4.78. The Morgan fingerprint density at radius 2 is 1.94 bits per heavy atom. The van der Waals surface area contributed by atoms with Crippen LogP contribution < -0.4 is 5.32 Å². The summed E-state index contributed by atoms with van der Waals surface area (Å²) in [5.41, 5.74) is 0.113. The Bertz CT molecular complexity index is 233. The molecule has 106 valence electrons. The molecule has 18 heavy (non-hydrogen) atoms. The zero-order chi connectivity index (χ0) is 12.8. The van der Waals surface area contributed by atoms with E-state index in [1.165, 1.54) is 44.9 Å². The van der Waals surface area contributed by atoms with Gasteiger partial charge in [-0.3, -0.25) is 0 Å². The third-order valence-electron chi connectivity index (χ3n) is 4.78. The molecule has 1 aliphatic heterocycles. The van der Waals surface area contributed by atoms with E-state index < -0.39 is 0 Å². The summed E-state index contributed by atoms with van der Waals surface area (Å²) in [4.78, 5) is 0. The van der Waals surface area contributed by atoms with E-state index in [0.717, 1.165) is 25.7 Å². The molecule has 0 bridgehead atoms. The standard InChI is InChI=1S/C15H29NO2/c1-3-18-15(8-4-5-9-15)14(16-2)12-13-6-10-17-11-7-13/h13-14,16H,3-12H2,1-2H3. The number of likely N-dealkylation sites (N-methyl/N-ethyl adjacent to an activating group) is 1. The summed E-state index contributed by atoms with van der Waals surface area (Å²) in [6, 6.07) is 0.517. The fourth-order valence-electron chi connectivity index (χ4n) is 3.77. The van der Waals surface area contributed by atoms with Crippen LogP contribution in [0.2, 0.25) is 0 Å². The van der Waals surface area contributed by atoms with Crippen molar-refractivity contribution in [2.24, 2.45) is 5.92 Å². The topological polar surface area (TPSA) is 30.5 Å². The molecule has 3 nitrogen and oxygen atoms in total. The van der Waals surface area contributed by atoms with Gasteiger partial charge >= 0.3 is 0 Å². The van der Waals surface area contributed by atoms with Crippen LogP contribution in [-0.4, -0.2) is 38.5 Å². The minimum atomic E-state index is 0.113. The van der Waals surface area contributed by atoms with Crippen LogP contribution in [0.4, 0.5) is 0 Å². The second-order valence-corrected chi connectivity index (χ2v) is 5.84. The van der Waals surface area contributed by atoms with Crippen LogP contribution in [0.15, 0.2) is 0 Å². The van der Waals surface area contributed by atoms with Crippen molar-refractivity contribution in [3.05, 3.63) is 0 Å². The van der Waals surface area contributed by atoms with E-state index in [9.17, 15) is 0 Å². The van der Waals surface area contributed by atoms with Crippen molar-refractivity contribution in [2.45, 2.75) is 63.5 Å². The van der Waals surface area contributed by atoms with Gasteiger partial charge in [-0.15, -0.1) is 0 Å². The predicted molar refractivity (Wildman–Crippen MR) is 73.8 cm³/mol. The summed E-state index contributed by atoms with van der Waals surface area (Å²) in [5, 5.41) is 3.55. The highest BCUT2D eigenvalue weighted by molar-refractivity contribution is 4.97. The Labute approximate surface area is 112 Å². The SMILES string of the molecule is CCOC1(C(CC2CCOCC2)NC)CCCC1. The summed E-state index contributed by atoms with van der Waals surface area (Å²) in [6.07, 6.45) is 8.81. The lowest BCUT2D eigenvalue weighted by atomic mass is 9.82. The van der Waals surface area contributed by atoms with Crippen molar-refractivity contribution in [3.8, 4) is 0 Å². The highest BCUT2D eigenvalue weighted by Crippen LogP contribution is 2.39. The lowest BCUT2D eigenvalue weighted by molar-refractivity contribution is -0.0683. The molecule has 2 fully saturated rings. The lowest BCUT2D eigenvalue weighted by Crippen LogP contribution is -2.51. The minimum Gasteiger partial charge on any atom is -0.381 e. The van der Waals surface area contributed by atoms with Gasteiger partial charge in [0.2, 0.25) is 0 Å². The van der Waals surface area contributed by atoms with Crippen molar-refractivity contribution in [1.82, 2.24) is 5.32 Å². The molecule has 0 radical (unpaired) electrons. The molecule has 2 aliphatic rings. The van der Waals surface area contributed by atoms with Gasteiger partial charge in [0, 0.05) is 25.9 Å². The van der Waals surface area contributed by atoms with E-state index in [1.54, 1.807) is 0 Å². The van der Waals surface area contributed by atoms with Crippen LogP contribution >= 0.6 is 0 Å². The molecule has 0 aromatic heterocycles. The van der Waals surface area contributed by atoms with E-state index in [4.69, 9.17) is 9.47 Å². The van der Waals surface area contributed by atoms with Gasteiger partial charge in [-0.05, 0) is 52.0 Å². The van der Waals surface area contributed by atoms with Gasteiger partial charge in [-0.1, -0.05) is 12.8 Å². The van der Waals surface area contributed by atoms with Crippen LogP contribution in [0.1, 0.15) is 51.9 Å². The Kier molecular flexibility index (Phi) is 5.46. The first kappa shape index (κ1) is 14.3. The molecule has 2 rings (SSSR count). The van der Waals surface area contributed by atoms with Crippen molar-refractivity contribution < 1.29 is 9.47 Å². The van der Waals surface area contributed by atoms with Crippen LogP contribution in [0.3, 0.4) is 0 Å². The smallest absolute Gasteiger partial charge is 0.0834 e. The molecule has 0 amide bonds. The number of hydrogen-bond acceptors (Lipinski definition) is 3. The third kappa shape index (κ3) is 3.25. The van der Waals surface area contributed by atoms with Crippen molar-refractivity contribution in [3.63, 3.8) is 0 Å². The molecule has 3 heteroatoms. The molecule has 1 unspecified atom stereocenters. The number of nitrogens with one attached hydrogen (secondary N) is 1. The van der Waals surface area contributed by atoms with Gasteiger partial charge in [-0.25, -0.2) is 0 Å². The van der Waals surface area contributed by atoms with E-state index in [0.29, 0.717) is 6.04 Å². The summed E-state index contributed by atoms with van der Waals surface area (Å²) in [6.45, 7) is 4.86. The van der Waals surface area contributed by atoms with Gasteiger partial charge in [0.25, 0.3) is 0 Å². The zero-order valence-electron chi connectivity index (χ0n) is 12.0. The molecule has 1 atom stereocenters. The van der Waals surface area contributed by atoms with Crippen molar-refractivity contribution in [2.75, 3.05) is 26.9 Å². The first-order valence-corrected chi connectivity index (χ1v) is 7.69. The lowest BCUT2D eigenvalue weighted by Gasteiger charge is -2.39. The van der Waals surface area contributed by atoms with Gasteiger partial charge in [0.1, 0.15) is 0 Å². The summed E-state index contributed by atoms with van der Waals surface area (Å²) >= 11 is 0. The van der Waals surface area contributed by atoms with Gasteiger partial charge in [0.05, 0.1) is 5.60 Å². The van der Waals surface area contributed by atoms with Gasteiger partial charge in [-0.2, -0.15) is 0 Å². The zero-order valence-corrected chi connectivity index (χ0v) is 12.0. The molecular weight excluding hydrogens is 226 g/mol. The molecule has 1 saturated carbocycles.